The van der Waals surface area contributed by atoms with Crippen LogP contribution in [-0.4, -0.2) is 62.2 Å². The Morgan fingerprint density at radius 2 is 1.86 bits per heavy atom. The van der Waals surface area contributed by atoms with Crippen molar-refractivity contribution in [2.45, 2.75) is 26.3 Å². The van der Waals surface area contributed by atoms with Crippen molar-refractivity contribution in [1.82, 2.24) is 15.1 Å². The fourth-order valence-electron chi connectivity index (χ4n) is 2.06. The summed E-state index contributed by atoms with van der Waals surface area (Å²) < 4.78 is 0. The monoisotopic (exact) mass is 199 g/mol. The first-order valence-electron chi connectivity index (χ1n) is 5.89. The molecule has 1 atom stereocenters. The van der Waals surface area contributed by atoms with Crippen molar-refractivity contribution in [3.05, 3.63) is 0 Å². The second kappa shape index (κ2) is 6.38. The molecule has 14 heavy (non-hydrogen) atoms. The molecule has 84 valence electrons. The zero-order valence-corrected chi connectivity index (χ0v) is 9.92. The van der Waals surface area contributed by atoms with Crippen LogP contribution in [0.1, 0.15) is 20.3 Å². The smallest absolute Gasteiger partial charge is 0.0113 e. The van der Waals surface area contributed by atoms with E-state index in [1.807, 2.05) is 7.05 Å². The van der Waals surface area contributed by atoms with E-state index in [9.17, 15) is 0 Å². The Morgan fingerprint density at radius 3 is 2.36 bits per heavy atom. The summed E-state index contributed by atoms with van der Waals surface area (Å²) in [7, 11) is 2.03. The van der Waals surface area contributed by atoms with Gasteiger partial charge in [-0.15, -0.1) is 0 Å². The largest absolute Gasteiger partial charge is 0.320 e. The summed E-state index contributed by atoms with van der Waals surface area (Å²) in [5.74, 6) is 0. The van der Waals surface area contributed by atoms with Crippen molar-refractivity contribution in [3.8, 4) is 0 Å². The van der Waals surface area contributed by atoms with Gasteiger partial charge in [-0.05, 0) is 33.5 Å². The molecule has 0 aromatic carbocycles. The maximum absolute atomic E-state index is 3.22. The lowest BCUT2D eigenvalue weighted by atomic mass is 10.1. The van der Waals surface area contributed by atoms with Crippen molar-refractivity contribution in [1.29, 1.82) is 0 Å². The average Bonchev–Trinajstić information content (AvgIpc) is 2.26. The number of nitrogens with zero attached hydrogens (tertiary/aromatic N) is 2. The van der Waals surface area contributed by atoms with E-state index in [1.165, 1.54) is 39.1 Å². The second-order valence-electron chi connectivity index (χ2n) is 4.21. The van der Waals surface area contributed by atoms with Crippen LogP contribution < -0.4 is 5.32 Å². The van der Waals surface area contributed by atoms with Gasteiger partial charge in [-0.3, -0.25) is 4.90 Å². The number of hydrogen-bond acceptors (Lipinski definition) is 3. The summed E-state index contributed by atoms with van der Waals surface area (Å²) in [6, 6.07) is 0.737. The van der Waals surface area contributed by atoms with Crippen molar-refractivity contribution in [2.75, 3.05) is 46.3 Å². The molecule has 0 radical (unpaired) electrons. The van der Waals surface area contributed by atoms with Gasteiger partial charge >= 0.3 is 0 Å². The molecule has 3 heteroatoms. The molecule has 1 N–H and O–H groups in total. The highest BCUT2D eigenvalue weighted by Crippen LogP contribution is 2.08. The zero-order chi connectivity index (χ0) is 10.4. The molecule has 0 aliphatic carbocycles. The van der Waals surface area contributed by atoms with E-state index in [1.54, 1.807) is 0 Å². The minimum atomic E-state index is 0.737. The Hall–Kier alpha value is -0.120. The summed E-state index contributed by atoms with van der Waals surface area (Å²) in [5.41, 5.74) is 0. The molecule has 1 fully saturated rings. The molecule has 1 rings (SSSR count). The minimum absolute atomic E-state index is 0.737. The first-order valence-corrected chi connectivity index (χ1v) is 5.89. The molecule has 1 heterocycles. The number of likely N-dealkylation sites (N-methyl/N-ethyl adjacent to an activating group) is 1. The van der Waals surface area contributed by atoms with E-state index in [0.29, 0.717) is 0 Å². The Morgan fingerprint density at radius 1 is 1.21 bits per heavy atom. The van der Waals surface area contributed by atoms with Crippen LogP contribution >= 0.6 is 0 Å². The van der Waals surface area contributed by atoms with Gasteiger partial charge in [0.2, 0.25) is 0 Å². The Bertz CT molecular complexity index is 141. The van der Waals surface area contributed by atoms with Gasteiger partial charge in [0.25, 0.3) is 0 Å². The van der Waals surface area contributed by atoms with E-state index < -0.39 is 0 Å². The number of piperazine rings is 1. The minimum Gasteiger partial charge on any atom is -0.320 e. The Balaban J connectivity index is 2.19. The highest BCUT2D eigenvalue weighted by Gasteiger charge is 2.19. The van der Waals surface area contributed by atoms with Crippen LogP contribution in [0.25, 0.3) is 0 Å². The predicted octanol–water partition coefficient (Wildman–Crippen LogP) is 0.622. The first-order chi connectivity index (χ1) is 6.77. The molecule has 0 spiro atoms. The first kappa shape index (κ1) is 12.0. The van der Waals surface area contributed by atoms with Gasteiger partial charge in [-0.1, -0.05) is 6.92 Å². The van der Waals surface area contributed by atoms with E-state index in [0.717, 1.165) is 12.6 Å². The molecule has 3 nitrogen and oxygen atoms in total. The molecular formula is C11H25N3. The van der Waals surface area contributed by atoms with Gasteiger partial charge in [-0.25, -0.2) is 0 Å². The SMILES string of the molecule is CCN1CCN(C(C)CCNC)CC1. The molecule has 0 bridgehead atoms. The fourth-order valence-corrected chi connectivity index (χ4v) is 2.06. The van der Waals surface area contributed by atoms with Gasteiger partial charge in [-0.2, -0.15) is 0 Å². The van der Waals surface area contributed by atoms with E-state index in [-0.39, 0.29) is 0 Å². The number of rotatable bonds is 5. The highest BCUT2D eigenvalue weighted by atomic mass is 15.3. The van der Waals surface area contributed by atoms with Gasteiger partial charge in [0.05, 0.1) is 0 Å². The maximum Gasteiger partial charge on any atom is 0.0113 e. The lowest BCUT2D eigenvalue weighted by Gasteiger charge is -2.37. The molecular weight excluding hydrogens is 174 g/mol. The van der Waals surface area contributed by atoms with E-state index in [4.69, 9.17) is 0 Å². The molecule has 0 aromatic rings. The van der Waals surface area contributed by atoms with Crippen molar-refractivity contribution < 1.29 is 0 Å². The maximum atomic E-state index is 3.22. The molecule has 0 amide bonds. The van der Waals surface area contributed by atoms with Crippen molar-refractivity contribution in [3.63, 3.8) is 0 Å². The van der Waals surface area contributed by atoms with E-state index in [2.05, 4.69) is 29.0 Å². The Kier molecular flexibility index (Phi) is 5.45. The lowest BCUT2D eigenvalue weighted by Crippen LogP contribution is -2.49. The summed E-state index contributed by atoms with van der Waals surface area (Å²) in [4.78, 5) is 5.14. The predicted molar refractivity (Wildman–Crippen MR) is 61.7 cm³/mol. The van der Waals surface area contributed by atoms with Gasteiger partial charge in [0.1, 0.15) is 0 Å². The average molecular weight is 199 g/mol. The van der Waals surface area contributed by atoms with E-state index >= 15 is 0 Å². The number of nitrogens with one attached hydrogen (secondary N) is 1. The van der Waals surface area contributed by atoms with Crippen molar-refractivity contribution in [2.24, 2.45) is 0 Å². The molecule has 0 saturated carbocycles. The third-order valence-electron chi connectivity index (χ3n) is 3.29. The van der Waals surface area contributed by atoms with Crippen LogP contribution in [0.2, 0.25) is 0 Å². The molecule has 1 saturated heterocycles. The Labute approximate surface area is 88.5 Å². The second-order valence-corrected chi connectivity index (χ2v) is 4.21. The van der Waals surface area contributed by atoms with Gasteiger partial charge in [0.15, 0.2) is 0 Å². The molecule has 0 aromatic heterocycles. The molecule has 1 unspecified atom stereocenters. The fraction of sp³-hybridized carbons (Fsp3) is 1.00. The molecule has 1 aliphatic heterocycles. The summed E-state index contributed by atoms with van der Waals surface area (Å²) >= 11 is 0. The van der Waals surface area contributed by atoms with Crippen LogP contribution in [0.5, 0.6) is 0 Å². The number of hydrogen-bond donors (Lipinski definition) is 1. The van der Waals surface area contributed by atoms with Crippen molar-refractivity contribution >= 4 is 0 Å². The zero-order valence-electron chi connectivity index (χ0n) is 9.92. The third-order valence-corrected chi connectivity index (χ3v) is 3.29. The standard InChI is InChI=1S/C11H25N3/c1-4-13-7-9-14(10-8-13)11(2)5-6-12-3/h11-12H,4-10H2,1-3H3. The normalized spacial score (nSPS) is 22.5. The quantitative estimate of drug-likeness (QED) is 0.700. The third kappa shape index (κ3) is 3.56. The topological polar surface area (TPSA) is 18.5 Å². The summed E-state index contributed by atoms with van der Waals surface area (Å²) in [6.07, 6.45) is 1.27. The lowest BCUT2D eigenvalue weighted by molar-refractivity contribution is 0.102. The summed E-state index contributed by atoms with van der Waals surface area (Å²) in [5, 5.41) is 3.22. The van der Waals surface area contributed by atoms with Crippen LogP contribution in [0.15, 0.2) is 0 Å². The molecule has 1 aliphatic rings. The van der Waals surface area contributed by atoms with Gasteiger partial charge < -0.3 is 10.2 Å². The van der Waals surface area contributed by atoms with Crippen LogP contribution in [0.3, 0.4) is 0 Å². The van der Waals surface area contributed by atoms with Gasteiger partial charge in [0, 0.05) is 32.2 Å². The van der Waals surface area contributed by atoms with Crippen LogP contribution in [0, 0.1) is 0 Å². The van der Waals surface area contributed by atoms with Crippen LogP contribution in [-0.2, 0) is 0 Å². The highest BCUT2D eigenvalue weighted by molar-refractivity contribution is 4.75. The van der Waals surface area contributed by atoms with Crippen LogP contribution in [0.4, 0.5) is 0 Å². The summed E-state index contributed by atoms with van der Waals surface area (Å²) in [6.45, 7) is 11.9.